The van der Waals surface area contributed by atoms with Gasteiger partial charge in [-0.1, -0.05) is 12.1 Å². The molecule has 0 amide bonds. The van der Waals surface area contributed by atoms with Crippen molar-refractivity contribution in [2.24, 2.45) is 0 Å². The maximum Gasteiger partial charge on any atom is 0.0638 e. The van der Waals surface area contributed by atoms with Crippen LogP contribution in [0.25, 0.3) is 0 Å². The summed E-state index contributed by atoms with van der Waals surface area (Å²) in [5.41, 5.74) is 2.25. The van der Waals surface area contributed by atoms with Crippen molar-refractivity contribution < 1.29 is 4.74 Å². The molecule has 1 N–H and O–H groups in total. The van der Waals surface area contributed by atoms with Crippen LogP contribution in [0.1, 0.15) is 12.5 Å². The zero-order chi connectivity index (χ0) is 10.2. The first-order valence-electron chi connectivity index (χ1n) is 4.83. The fraction of sp³-hybridized carbons (Fsp3) is 0.455. The van der Waals surface area contributed by atoms with Gasteiger partial charge in [-0.25, -0.2) is 0 Å². The van der Waals surface area contributed by atoms with E-state index in [0.29, 0.717) is 5.88 Å². The Hall–Kier alpha value is -0.730. The largest absolute Gasteiger partial charge is 0.383 e. The Morgan fingerprint density at radius 1 is 1.29 bits per heavy atom. The summed E-state index contributed by atoms with van der Waals surface area (Å²) in [5, 5.41) is 3.26. The molecule has 0 unspecified atom stereocenters. The minimum Gasteiger partial charge on any atom is -0.383 e. The molecule has 0 spiro atoms. The number of hydrogen-bond acceptors (Lipinski definition) is 2. The molecule has 0 aliphatic rings. The Morgan fingerprint density at radius 3 is 2.57 bits per heavy atom. The number of ether oxygens (including phenoxy) is 1. The summed E-state index contributed by atoms with van der Waals surface area (Å²) < 4.78 is 5.22. The fourth-order valence-electron chi connectivity index (χ4n) is 1.12. The van der Waals surface area contributed by atoms with E-state index in [1.54, 1.807) is 0 Å². The molecule has 0 aliphatic heterocycles. The first-order valence-corrected chi connectivity index (χ1v) is 5.36. The molecule has 0 radical (unpaired) electrons. The molecule has 0 fully saturated rings. The molecule has 0 bridgehead atoms. The van der Waals surface area contributed by atoms with Gasteiger partial charge >= 0.3 is 0 Å². The third-order valence-corrected chi connectivity index (χ3v) is 2.20. The van der Waals surface area contributed by atoms with Gasteiger partial charge in [-0.15, -0.1) is 11.6 Å². The highest BCUT2D eigenvalue weighted by Gasteiger charge is 1.92. The highest BCUT2D eigenvalue weighted by atomic mass is 35.5. The molecule has 2 nitrogen and oxygen atoms in total. The van der Waals surface area contributed by atoms with Crippen LogP contribution in [0.2, 0.25) is 0 Å². The Kier molecular flexibility index (Phi) is 5.42. The van der Waals surface area contributed by atoms with E-state index >= 15 is 0 Å². The second kappa shape index (κ2) is 6.68. The van der Waals surface area contributed by atoms with Crippen LogP contribution in [-0.2, 0) is 10.6 Å². The molecule has 0 heterocycles. The zero-order valence-electron chi connectivity index (χ0n) is 8.42. The van der Waals surface area contributed by atoms with Gasteiger partial charge < -0.3 is 10.1 Å². The van der Waals surface area contributed by atoms with Crippen LogP contribution in [-0.4, -0.2) is 19.8 Å². The van der Waals surface area contributed by atoms with Crippen molar-refractivity contribution in [2.75, 3.05) is 25.1 Å². The number of anilines is 1. The van der Waals surface area contributed by atoms with Gasteiger partial charge in [-0.3, -0.25) is 0 Å². The smallest absolute Gasteiger partial charge is 0.0638 e. The first-order chi connectivity index (χ1) is 6.86. The molecule has 0 aromatic heterocycles. The van der Waals surface area contributed by atoms with E-state index in [0.717, 1.165) is 31.0 Å². The average Bonchev–Trinajstić information content (AvgIpc) is 2.25. The Labute approximate surface area is 90.2 Å². The van der Waals surface area contributed by atoms with Crippen molar-refractivity contribution in [3.8, 4) is 0 Å². The lowest BCUT2D eigenvalue weighted by molar-refractivity contribution is 0.158. The summed E-state index contributed by atoms with van der Waals surface area (Å²) in [6.45, 7) is 4.35. The Bertz CT molecular complexity index is 248. The van der Waals surface area contributed by atoms with Crippen LogP contribution in [0.5, 0.6) is 0 Å². The van der Waals surface area contributed by atoms with Gasteiger partial charge in [0, 0.05) is 24.7 Å². The molecule has 1 aromatic rings. The Balaban J connectivity index is 2.29. The fourth-order valence-corrected chi connectivity index (χ4v) is 1.30. The van der Waals surface area contributed by atoms with E-state index in [9.17, 15) is 0 Å². The van der Waals surface area contributed by atoms with Gasteiger partial charge in [-0.05, 0) is 24.6 Å². The molecule has 78 valence electrons. The van der Waals surface area contributed by atoms with Crippen LogP contribution in [0.15, 0.2) is 24.3 Å². The number of hydrogen-bond donors (Lipinski definition) is 1. The maximum absolute atomic E-state index is 5.68. The molecule has 1 aromatic carbocycles. The monoisotopic (exact) mass is 213 g/mol. The molecule has 14 heavy (non-hydrogen) atoms. The second-order valence-electron chi connectivity index (χ2n) is 2.95. The lowest BCUT2D eigenvalue weighted by Gasteiger charge is -2.06. The number of benzene rings is 1. The lowest BCUT2D eigenvalue weighted by atomic mass is 10.2. The SMILES string of the molecule is CCOCCNc1ccc(CCl)cc1. The highest BCUT2D eigenvalue weighted by Crippen LogP contribution is 2.10. The summed E-state index contributed by atoms with van der Waals surface area (Å²) in [4.78, 5) is 0. The van der Waals surface area contributed by atoms with Crippen molar-refractivity contribution in [3.63, 3.8) is 0 Å². The molecule has 0 saturated heterocycles. The topological polar surface area (TPSA) is 21.3 Å². The van der Waals surface area contributed by atoms with Crippen molar-refractivity contribution >= 4 is 17.3 Å². The summed E-state index contributed by atoms with van der Waals surface area (Å²) in [7, 11) is 0. The number of rotatable bonds is 6. The van der Waals surface area contributed by atoms with Crippen LogP contribution in [0, 0.1) is 0 Å². The third-order valence-electron chi connectivity index (χ3n) is 1.89. The zero-order valence-corrected chi connectivity index (χ0v) is 9.18. The number of nitrogens with one attached hydrogen (secondary N) is 1. The molecular formula is C11H16ClNO. The van der Waals surface area contributed by atoms with Crippen LogP contribution in [0.3, 0.4) is 0 Å². The predicted octanol–water partition coefficient (Wildman–Crippen LogP) is 2.87. The van der Waals surface area contributed by atoms with Crippen LogP contribution < -0.4 is 5.32 Å². The van der Waals surface area contributed by atoms with Gasteiger partial charge in [0.1, 0.15) is 0 Å². The molecule has 3 heteroatoms. The quantitative estimate of drug-likeness (QED) is 0.580. The van der Waals surface area contributed by atoms with Gasteiger partial charge in [0.05, 0.1) is 6.61 Å². The second-order valence-corrected chi connectivity index (χ2v) is 3.22. The minimum atomic E-state index is 0.569. The highest BCUT2D eigenvalue weighted by molar-refractivity contribution is 6.17. The van der Waals surface area contributed by atoms with Gasteiger partial charge in [-0.2, -0.15) is 0 Å². The molecule has 1 rings (SSSR count). The summed E-state index contributed by atoms with van der Waals surface area (Å²) in [5.74, 6) is 0.569. The van der Waals surface area contributed by atoms with Crippen molar-refractivity contribution in [1.82, 2.24) is 0 Å². The maximum atomic E-state index is 5.68. The van der Waals surface area contributed by atoms with Crippen LogP contribution in [0.4, 0.5) is 5.69 Å². The van der Waals surface area contributed by atoms with E-state index in [1.807, 2.05) is 31.2 Å². The van der Waals surface area contributed by atoms with Gasteiger partial charge in [0.25, 0.3) is 0 Å². The number of alkyl halides is 1. The average molecular weight is 214 g/mol. The predicted molar refractivity (Wildman–Crippen MR) is 61.0 cm³/mol. The number of halogens is 1. The van der Waals surface area contributed by atoms with E-state index in [-0.39, 0.29) is 0 Å². The normalized spacial score (nSPS) is 10.1. The van der Waals surface area contributed by atoms with Gasteiger partial charge in [0.2, 0.25) is 0 Å². The standard InChI is InChI=1S/C11H16ClNO/c1-2-14-8-7-13-11-5-3-10(9-12)4-6-11/h3-6,13H,2,7-9H2,1H3. The summed E-state index contributed by atoms with van der Waals surface area (Å²) in [6.07, 6.45) is 0. The third kappa shape index (κ3) is 3.99. The lowest BCUT2D eigenvalue weighted by Crippen LogP contribution is -2.08. The van der Waals surface area contributed by atoms with Crippen molar-refractivity contribution in [3.05, 3.63) is 29.8 Å². The summed E-state index contributed by atoms with van der Waals surface area (Å²) >= 11 is 5.68. The molecule has 0 saturated carbocycles. The first kappa shape index (κ1) is 11.3. The van der Waals surface area contributed by atoms with E-state index in [4.69, 9.17) is 16.3 Å². The molecule has 0 atom stereocenters. The van der Waals surface area contributed by atoms with Gasteiger partial charge in [0.15, 0.2) is 0 Å². The Morgan fingerprint density at radius 2 is 2.00 bits per heavy atom. The van der Waals surface area contributed by atoms with Crippen LogP contribution >= 0.6 is 11.6 Å². The van der Waals surface area contributed by atoms with E-state index in [2.05, 4.69) is 5.32 Å². The molecule has 0 aliphatic carbocycles. The molecular weight excluding hydrogens is 198 g/mol. The van der Waals surface area contributed by atoms with Crippen molar-refractivity contribution in [2.45, 2.75) is 12.8 Å². The van der Waals surface area contributed by atoms with E-state index < -0.39 is 0 Å². The summed E-state index contributed by atoms with van der Waals surface area (Å²) in [6, 6.07) is 8.11. The minimum absolute atomic E-state index is 0.569. The van der Waals surface area contributed by atoms with E-state index in [1.165, 1.54) is 0 Å². The van der Waals surface area contributed by atoms with Crippen molar-refractivity contribution in [1.29, 1.82) is 0 Å².